The van der Waals surface area contributed by atoms with Crippen LogP contribution in [-0.4, -0.2) is 0 Å². The Bertz CT molecular complexity index is 940. The Kier molecular flexibility index (Phi) is 2.90. The van der Waals surface area contributed by atoms with Crippen LogP contribution in [0, 0.1) is 0 Å². The summed E-state index contributed by atoms with van der Waals surface area (Å²) in [6.45, 7) is 0. The molecule has 4 aromatic carbocycles. The quantitative estimate of drug-likeness (QED) is 0.360. The maximum absolute atomic E-state index is 6.18. The molecule has 0 heterocycles. The Morgan fingerprint density at radius 1 is 0.571 bits per heavy atom. The number of rotatable bonds is 1. The third-order valence-corrected chi connectivity index (χ3v) is 4.14. The smallest absolute Gasteiger partial charge is 0.0412 e. The summed E-state index contributed by atoms with van der Waals surface area (Å²) in [5.74, 6) is 0. The van der Waals surface area contributed by atoms with Crippen LogP contribution in [-0.2, 0) is 0 Å². The molecule has 1 heteroatoms. The van der Waals surface area contributed by atoms with Gasteiger partial charge in [-0.05, 0) is 50.9 Å². The van der Waals surface area contributed by atoms with E-state index in [2.05, 4.69) is 60.7 Å². The Morgan fingerprint density at radius 3 is 2.10 bits per heavy atom. The molecule has 0 spiro atoms. The Hall–Kier alpha value is -2.31. The first kappa shape index (κ1) is 12.4. The van der Waals surface area contributed by atoms with Gasteiger partial charge in [0.15, 0.2) is 0 Å². The number of fused-ring (bicyclic) bond motifs is 3. The van der Waals surface area contributed by atoms with Crippen molar-refractivity contribution in [2.45, 2.75) is 0 Å². The van der Waals surface area contributed by atoms with Crippen molar-refractivity contribution in [1.29, 1.82) is 0 Å². The molecule has 0 unspecified atom stereocenters. The number of halogens is 1. The molecule has 4 aromatic rings. The molecule has 0 nitrogen and oxygen atoms in total. The van der Waals surface area contributed by atoms with E-state index >= 15 is 0 Å². The Balaban J connectivity index is 2.18. The van der Waals surface area contributed by atoms with Crippen molar-refractivity contribution in [1.82, 2.24) is 0 Å². The van der Waals surface area contributed by atoms with Gasteiger partial charge in [0, 0.05) is 5.02 Å². The van der Waals surface area contributed by atoms with Gasteiger partial charge < -0.3 is 0 Å². The minimum absolute atomic E-state index is 0.778. The summed E-state index contributed by atoms with van der Waals surface area (Å²) >= 11 is 6.18. The van der Waals surface area contributed by atoms with Crippen molar-refractivity contribution >= 4 is 33.1 Å². The molecule has 0 aliphatic carbocycles. The molecule has 100 valence electrons. The van der Waals surface area contributed by atoms with Crippen LogP contribution in [0.3, 0.4) is 0 Å². The lowest BCUT2D eigenvalue weighted by molar-refractivity contribution is 1.66. The molecule has 21 heavy (non-hydrogen) atoms. The molecule has 0 aromatic heterocycles. The molecule has 0 fully saturated rings. The summed E-state index contributed by atoms with van der Waals surface area (Å²) in [5, 5.41) is 5.71. The zero-order valence-corrected chi connectivity index (χ0v) is 12.1. The van der Waals surface area contributed by atoms with E-state index < -0.39 is 0 Å². The largest absolute Gasteiger partial charge is 0.0843 e. The predicted molar refractivity (Wildman–Crippen MR) is 91.9 cm³/mol. The van der Waals surface area contributed by atoms with Gasteiger partial charge in [-0.3, -0.25) is 0 Å². The van der Waals surface area contributed by atoms with Crippen LogP contribution in [0.25, 0.3) is 32.7 Å². The van der Waals surface area contributed by atoms with E-state index in [0.717, 1.165) is 5.02 Å². The molecule has 0 amide bonds. The lowest BCUT2D eigenvalue weighted by atomic mass is 9.93. The maximum atomic E-state index is 6.18. The van der Waals surface area contributed by atoms with Gasteiger partial charge in [-0.15, -0.1) is 0 Å². The molecule has 0 aliphatic heterocycles. The fraction of sp³-hybridized carbons (Fsp3) is 0. The van der Waals surface area contributed by atoms with Crippen LogP contribution >= 0.6 is 11.6 Å². The van der Waals surface area contributed by atoms with Gasteiger partial charge >= 0.3 is 0 Å². The van der Waals surface area contributed by atoms with Crippen LogP contribution in [0.15, 0.2) is 78.9 Å². The highest BCUT2D eigenvalue weighted by molar-refractivity contribution is 6.32. The number of hydrogen-bond donors (Lipinski definition) is 0. The van der Waals surface area contributed by atoms with Crippen molar-refractivity contribution in [3.63, 3.8) is 0 Å². The molecule has 0 N–H and O–H groups in total. The summed E-state index contributed by atoms with van der Waals surface area (Å²) in [7, 11) is 0. The summed E-state index contributed by atoms with van der Waals surface area (Å²) in [5.41, 5.74) is 2.51. The highest BCUT2D eigenvalue weighted by Gasteiger charge is 2.08. The fourth-order valence-corrected chi connectivity index (χ4v) is 3.10. The SMILES string of the molecule is Clc1ccc2cc(-c3ccccc3)c3ccccc3c2c1. The lowest BCUT2D eigenvalue weighted by Crippen LogP contribution is -1.84. The predicted octanol–water partition coefficient (Wildman–Crippen LogP) is 6.31. The van der Waals surface area contributed by atoms with Crippen LogP contribution < -0.4 is 0 Å². The van der Waals surface area contributed by atoms with Gasteiger partial charge in [-0.25, -0.2) is 0 Å². The summed E-state index contributed by atoms with van der Waals surface area (Å²) in [6.07, 6.45) is 0. The zero-order chi connectivity index (χ0) is 14.2. The van der Waals surface area contributed by atoms with Crippen LogP contribution in [0.4, 0.5) is 0 Å². The minimum Gasteiger partial charge on any atom is -0.0843 e. The van der Waals surface area contributed by atoms with Crippen molar-refractivity contribution in [3.8, 4) is 11.1 Å². The average Bonchev–Trinajstić information content (AvgIpc) is 2.55. The summed E-state index contributed by atoms with van der Waals surface area (Å²) in [6, 6.07) is 27.4. The van der Waals surface area contributed by atoms with E-state index in [1.165, 1.54) is 32.7 Å². The van der Waals surface area contributed by atoms with Crippen molar-refractivity contribution in [2.75, 3.05) is 0 Å². The van der Waals surface area contributed by atoms with Crippen LogP contribution in [0.1, 0.15) is 0 Å². The number of hydrogen-bond acceptors (Lipinski definition) is 0. The molecule has 0 radical (unpaired) electrons. The van der Waals surface area contributed by atoms with E-state index in [-0.39, 0.29) is 0 Å². The first-order valence-electron chi connectivity index (χ1n) is 6.99. The summed E-state index contributed by atoms with van der Waals surface area (Å²) in [4.78, 5) is 0. The normalized spacial score (nSPS) is 11.1. The van der Waals surface area contributed by atoms with Gasteiger partial charge in [0.25, 0.3) is 0 Å². The molecule has 0 bridgehead atoms. The van der Waals surface area contributed by atoms with E-state index in [4.69, 9.17) is 11.6 Å². The second-order valence-corrected chi connectivity index (χ2v) is 5.64. The molecule has 0 aliphatic rings. The Labute approximate surface area is 128 Å². The van der Waals surface area contributed by atoms with Gasteiger partial charge in [-0.1, -0.05) is 72.3 Å². The first-order chi connectivity index (χ1) is 10.3. The van der Waals surface area contributed by atoms with Crippen LogP contribution in [0.5, 0.6) is 0 Å². The number of benzene rings is 4. The topological polar surface area (TPSA) is 0 Å². The van der Waals surface area contributed by atoms with E-state index in [0.29, 0.717) is 0 Å². The molecule has 0 saturated heterocycles. The highest BCUT2D eigenvalue weighted by atomic mass is 35.5. The van der Waals surface area contributed by atoms with Crippen molar-refractivity contribution < 1.29 is 0 Å². The average molecular weight is 289 g/mol. The second-order valence-electron chi connectivity index (χ2n) is 5.20. The van der Waals surface area contributed by atoms with E-state index in [1.54, 1.807) is 0 Å². The van der Waals surface area contributed by atoms with Gasteiger partial charge in [0.1, 0.15) is 0 Å². The minimum atomic E-state index is 0.778. The van der Waals surface area contributed by atoms with Crippen LogP contribution in [0.2, 0.25) is 5.02 Å². The molecular weight excluding hydrogens is 276 g/mol. The molecular formula is C20H13Cl. The van der Waals surface area contributed by atoms with Gasteiger partial charge in [0.05, 0.1) is 0 Å². The monoisotopic (exact) mass is 288 g/mol. The standard InChI is InChI=1S/C20H13Cl/c21-16-11-10-15-12-19(14-6-2-1-3-7-14)17-8-4-5-9-18(17)20(15)13-16/h1-13H. The summed E-state index contributed by atoms with van der Waals surface area (Å²) < 4.78 is 0. The third-order valence-electron chi connectivity index (χ3n) is 3.91. The third kappa shape index (κ3) is 2.09. The molecule has 0 atom stereocenters. The maximum Gasteiger partial charge on any atom is 0.0412 e. The second kappa shape index (κ2) is 4.91. The van der Waals surface area contributed by atoms with Gasteiger partial charge in [0.2, 0.25) is 0 Å². The Morgan fingerprint density at radius 2 is 1.29 bits per heavy atom. The van der Waals surface area contributed by atoms with Gasteiger partial charge in [-0.2, -0.15) is 0 Å². The first-order valence-corrected chi connectivity index (χ1v) is 7.37. The van der Waals surface area contributed by atoms with E-state index in [9.17, 15) is 0 Å². The molecule has 4 rings (SSSR count). The molecule has 0 saturated carbocycles. The highest BCUT2D eigenvalue weighted by Crippen LogP contribution is 2.35. The van der Waals surface area contributed by atoms with E-state index in [1.807, 2.05) is 18.2 Å². The van der Waals surface area contributed by atoms with Crippen molar-refractivity contribution in [3.05, 3.63) is 83.9 Å². The zero-order valence-electron chi connectivity index (χ0n) is 11.4. The lowest BCUT2D eigenvalue weighted by Gasteiger charge is -2.11. The fourth-order valence-electron chi connectivity index (χ4n) is 2.93. The van der Waals surface area contributed by atoms with Crippen molar-refractivity contribution in [2.24, 2.45) is 0 Å².